The molecular formula is C13H9BrCl2N2O2S. The van der Waals surface area contributed by atoms with Gasteiger partial charge in [0.15, 0.2) is 0 Å². The van der Waals surface area contributed by atoms with E-state index in [0.717, 1.165) is 10.0 Å². The standard InChI is InChI=1S/C13H9BrCl2N2O2S/c14-10-3-1-2-9(6-10)8-17-18-21(19,20)13-7-11(15)4-5-12(13)16/h1-8,18H/b17-8+. The summed E-state index contributed by atoms with van der Waals surface area (Å²) < 4.78 is 25.0. The molecule has 2 aromatic rings. The molecule has 0 amide bonds. The van der Waals surface area contributed by atoms with Crippen LogP contribution in [0.1, 0.15) is 5.56 Å². The Kier molecular flexibility index (Phi) is 5.27. The van der Waals surface area contributed by atoms with Crippen molar-refractivity contribution in [3.8, 4) is 0 Å². The van der Waals surface area contributed by atoms with E-state index >= 15 is 0 Å². The zero-order valence-electron chi connectivity index (χ0n) is 10.4. The second kappa shape index (κ2) is 6.79. The van der Waals surface area contributed by atoms with Crippen LogP contribution in [0.2, 0.25) is 10.0 Å². The Hall–Kier alpha value is -1.08. The summed E-state index contributed by atoms with van der Waals surface area (Å²) in [6, 6.07) is 11.4. The van der Waals surface area contributed by atoms with Gasteiger partial charge in [0.25, 0.3) is 10.0 Å². The third kappa shape index (κ3) is 4.44. The molecule has 110 valence electrons. The van der Waals surface area contributed by atoms with Crippen molar-refractivity contribution < 1.29 is 8.42 Å². The van der Waals surface area contributed by atoms with Gasteiger partial charge in [0.1, 0.15) is 4.90 Å². The lowest BCUT2D eigenvalue weighted by Crippen LogP contribution is -2.18. The van der Waals surface area contributed by atoms with Crippen LogP contribution >= 0.6 is 39.1 Å². The second-order valence-electron chi connectivity index (χ2n) is 3.98. The van der Waals surface area contributed by atoms with E-state index in [1.165, 1.54) is 24.4 Å². The quantitative estimate of drug-likeness (QED) is 0.613. The van der Waals surface area contributed by atoms with Crippen LogP contribution in [-0.2, 0) is 10.0 Å². The topological polar surface area (TPSA) is 58.5 Å². The molecule has 0 fully saturated rings. The summed E-state index contributed by atoms with van der Waals surface area (Å²) >= 11 is 15.0. The van der Waals surface area contributed by atoms with Crippen LogP contribution in [0.4, 0.5) is 0 Å². The molecule has 0 spiro atoms. The van der Waals surface area contributed by atoms with Crippen LogP contribution in [0.3, 0.4) is 0 Å². The van der Waals surface area contributed by atoms with Gasteiger partial charge in [0, 0.05) is 9.50 Å². The van der Waals surface area contributed by atoms with E-state index < -0.39 is 10.0 Å². The summed E-state index contributed by atoms with van der Waals surface area (Å²) in [5.74, 6) is 0. The number of hydrazone groups is 1. The predicted molar refractivity (Wildman–Crippen MR) is 88.5 cm³/mol. The second-order valence-corrected chi connectivity index (χ2v) is 7.37. The van der Waals surface area contributed by atoms with Crippen molar-refractivity contribution >= 4 is 55.4 Å². The third-order valence-electron chi connectivity index (χ3n) is 2.42. The number of benzene rings is 2. The Bertz CT molecular complexity index is 795. The Morgan fingerprint density at radius 2 is 1.90 bits per heavy atom. The Morgan fingerprint density at radius 3 is 2.62 bits per heavy atom. The maximum atomic E-state index is 12.1. The number of nitrogens with one attached hydrogen (secondary N) is 1. The SMILES string of the molecule is O=S(=O)(N/N=C/c1cccc(Br)c1)c1cc(Cl)ccc1Cl. The highest BCUT2D eigenvalue weighted by molar-refractivity contribution is 9.10. The van der Waals surface area contributed by atoms with E-state index in [0.29, 0.717) is 0 Å². The average molecular weight is 408 g/mol. The molecule has 2 aromatic carbocycles. The first-order valence-corrected chi connectivity index (χ1v) is 8.67. The van der Waals surface area contributed by atoms with Crippen molar-refractivity contribution in [3.05, 3.63) is 62.5 Å². The molecule has 0 bridgehead atoms. The first-order chi connectivity index (χ1) is 9.88. The molecule has 2 rings (SSSR count). The molecule has 0 aliphatic carbocycles. The molecule has 0 aliphatic rings. The average Bonchev–Trinajstić information content (AvgIpc) is 2.41. The molecule has 0 saturated carbocycles. The fourth-order valence-electron chi connectivity index (χ4n) is 1.49. The zero-order chi connectivity index (χ0) is 15.5. The molecule has 8 heteroatoms. The molecule has 21 heavy (non-hydrogen) atoms. The first-order valence-electron chi connectivity index (χ1n) is 5.64. The van der Waals surface area contributed by atoms with Crippen LogP contribution in [0, 0.1) is 0 Å². The monoisotopic (exact) mass is 406 g/mol. The van der Waals surface area contributed by atoms with Gasteiger partial charge in [-0.2, -0.15) is 13.5 Å². The van der Waals surface area contributed by atoms with Crippen LogP contribution in [-0.4, -0.2) is 14.6 Å². The van der Waals surface area contributed by atoms with Crippen molar-refractivity contribution in [1.82, 2.24) is 4.83 Å². The normalized spacial score (nSPS) is 11.8. The lowest BCUT2D eigenvalue weighted by molar-refractivity contribution is 0.585. The van der Waals surface area contributed by atoms with Crippen molar-refractivity contribution in [2.24, 2.45) is 5.10 Å². The molecule has 0 radical (unpaired) electrons. The van der Waals surface area contributed by atoms with Crippen molar-refractivity contribution in [3.63, 3.8) is 0 Å². The minimum absolute atomic E-state index is 0.0737. The van der Waals surface area contributed by atoms with Gasteiger partial charge in [0.2, 0.25) is 0 Å². The van der Waals surface area contributed by atoms with Gasteiger partial charge < -0.3 is 0 Å². The number of rotatable bonds is 4. The Balaban J connectivity index is 2.20. The number of nitrogens with zero attached hydrogens (tertiary/aromatic N) is 1. The van der Waals surface area contributed by atoms with E-state index in [2.05, 4.69) is 25.9 Å². The summed E-state index contributed by atoms with van der Waals surface area (Å²) in [4.78, 5) is 1.97. The fraction of sp³-hybridized carbons (Fsp3) is 0. The zero-order valence-corrected chi connectivity index (χ0v) is 14.3. The van der Waals surface area contributed by atoms with Crippen molar-refractivity contribution in [2.45, 2.75) is 4.90 Å². The van der Waals surface area contributed by atoms with Gasteiger partial charge in [-0.15, -0.1) is 0 Å². The molecule has 0 aromatic heterocycles. The molecular weight excluding hydrogens is 399 g/mol. The van der Waals surface area contributed by atoms with Gasteiger partial charge in [-0.1, -0.05) is 51.3 Å². The van der Waals surface area contributed by atoms with E-state index in [1.807, 2.05) is 12.1 Å². The summed E-state index contributed by atoms with van der Waals surface area (Å²) in [5.41, 5.74) is 0.740. The summed E-state index contributed by atoms with van der Waals surface area (Å²) in [7, 11) is -3.87. The highest BCUT2D eigenvalue weighted by Crippen LogP contribution is 2.24. The Morgan fingerprint density at radius 1 is 1.14 bits per heavy atom. The van der Waals surface area contributed by atoms with Gasteiger partial charge in [-0.3, -0.25) is 0 Å². The minimum atomic E-state index is -3.87. The maximum Gasteiger partial charge on any atom is 0.278 e. The van der Waals surface area contributed by atoms with Crippen LogP contribution in [0.15, 0.2) is 56.9 Å². The number of hydrogen-bond donors (Lipinski definition) is 1. The molecule has 0 saturated heterocycles. The van der Waals surface area contributed by atoms with Crippen molar-refractivity contribution in [2.75, 3.05) is 0 Å². The lowest BCUT2D eigenvalue weighted by atomic mass is 10.2. The molecule has 1 N–H and O–H groups in total. The van der Waals surface area contributed by atoms with Crippen LogP contribution in [0.25, 0.3) is 0 Å². The Labute approximate surface area is 141 Å². The van der Waals surface area contributed by atoms with E-state index in [9.17, 15) is 8.42 Å². The molecule has 0 heterocycles. The van der Waals surface area contributed by atoms with E-state index in [4.69, 9.17) is 23.2 Å². The molecule has 0 unspecified atom stereocenters. The lowest BCUT2D eigenvalue weighted by Gasteiger charge is -2.05. The maximum absolute atomic E-state index is 12.1. The van der Waals surface area contributed by atoms with Gasteiger partial charge in [0.05, 0.1) is 11.2 Å². The molecule has 0 atom stereocenters. The largest absolute Gasteiger partial charge is 0.278 e. The summed E-state index contributed by atoms with van der Waals surface area (Å²) in [5, 5.41) is 4.06. The van der Waals surface area contributed by atoms with Crippen molar-refractivity contribution in [1.29, 1.82) is 0 Å². The van der Waals surface area contributed by atoms with E-state index in [1.54, 1.807) is 12.1 Å². The number of halogens is 3. The minimum Gasteiger partial charge on any atom is -0.200 e. The molecule has 4 nitrogen and oxygen atoms in total. The highest BCUT2D eigenvalue weighted by atomic mass is 79.9. The number of hydrogen-bond acceptors (Lipinski definition) is 3. The van der Waals surface area contributed by atoms with Crippen LogP contribution < -0.4 is 4.83 Å². The number of sulfonamides is 1. The van der Waals surface area contributed by atoms with Gasteiger partial charge in [-0.25, -0.2) is 4.83 Å². The fourth-order valence-corrected chi connectivity index (χ4v) is 3.46. The van der Waals surface area contributed by atoms with Crippen LogP contribution in [0.5, 0.6) is 0 Å². The summed E-state index contributed by atoms with van der Waals surface area (Å²) in [6.07, 6.45) is 1.39. The van der Waals surface area contributed by atoms with Gasteiger partial charge >= 0.3 is 0 Å². The highest BCUT2D eigenvalue weighted by Gasteiger charge is 2.17. The first kappa shape index (κ1) is 16.3. The van der Waals surface area contributed by atoms with E-state index in [-0.39, 0.29) is 14.9 Å². The smallest absolute Gasteiger partial charge is 0.200 e. The van der Waals surface area contributed by atoms with Gasteiger partial charge in [-0.05, 0) is 35.9 Å². The summed E-state index contributed by atoms with van der Waals surface area (Å²) in [6.45, 7) is 0. The third-order valence-corrected chi connectivity index (χ3v) is 4.85. The predicted octanol–water partition coefficient (Wildman–Crippen LogP) is 4.07. The molecule has 0 aliphatic heterocycles.